The summed E-state index contributed by atoms with van der Waals surface area (Å²) in [5, 5.41) is 5.32. The van der Waals surface area contributed by atoms with Gasteiger partial charge in [-0.2, -0.15) is 0 Å². The van der Waals surface area contributed by atoms with Gasteiger partial charge in [-0.05, 0) is 24.3 Å². The average Bonchev–Trinajstić information content (AvgIpc) is 3.21. The molecule has 0 atom stereocenters. The lowest BCUT2D eigenvalue weighted by Gasteiger charge is -2.00. The van der Waals surface area contributed by atoms with E-state index in [1.807, 2.05) is 18.2 Å². The predicted octanol–water partition coefficient (Wildman–Crippen LogP) is 5.09. The minimum atomic E-state index is -0.708. The van der Waals surface area contributed by atoms with Crippen molar-refractivity contribution in [2.45, 2.75) is 0 Å². The SMILES string of the molecule is O=C(Nc1nc(-c2ccc(F)cc2F)cs1)c1cc2ccccc2o1. The summed E-state index contributed by atoms with van der Waals surface area (Å²) in [5.41, 5.74) is 1.10. The highest BCUT2D eigenvalue weighted by Crippen LogP contribution is 2.28. The van der Waals surface area contributed by atoms with Gasteiger partial charge in [0.05, 0.1) is 5.69 Å². The number of carbonyl (C=O) groups excluding carboxylic acids is 1. The fraction of sp³-hybridized carbons (Fsp3) is 0. The average molecular weight is 356 g/mol. The summed E-state index contributed by atoms with van der Waals surface area (Å²) in [7, 11) is 0. The Kier molecular flexibility index (Phi) is 3.77. The van der Waals surface area contributed by atoms with E-state index >= 15 is 0 Å². The van der Waals surface area contributed by atoms with E-state index in [2.05, 4.69) is 10.3 Å². The maximum absolute atomic E-state index is 13.8. The molecule has 2 aromatic heterocycles. The van der Waals surface area contributed by atoms with Gasteiger partial charge in [0, 0.05) is 22.4 Å². The second-order valence-corrected chi connectivity index (χ2v) is 6.12. The number of hydrogen-bond donors (Lipinski definition) is 1. The maximum Gasteiger partial charge on any atom is 0.293 e. The van der Waals surface area contributed by atoms with Gasteiger partial charge in [-0.1, -0.05) is 18.2 Å². The lowest BCUT2D eigenvalue weighted by Crippen LogP contribution is -2.10. The summed E-state index contributed by atoms with van der Waals surface area (Å²) in [6, 6.07) is 12.2. The molecule has 124 valence electrons. The van der Waals surface area contributed by atoms with Crippen molar-refractivity contribution in [1.29, 1.82) is 0 Å². The molecule has 4 nitrogen and oxygen atoms in total. The third-order valence-corrected chi connectivity index (χ3v) is 4.34. The highest BCUT2D eigenvalue weighted by molar-refractivity contribution is 7.14. The molecule has 0 bridgehead atoms. The molecule has 0 unspecified atom stereocenters. The van der Waals surface area contributed by atoms with Crippen LogP contribution in [0.4, 0.5) is 13.9 Å². The zero-order valence-corrected chi connectivity index (χ0v) is 13.4. The number of amides is 1. The van der Waals surface area contributed by atoms with Crippen LogP contribution in [0.1, 0.15) is 10.6 Å². The number of thiazole rings is 1. The molecule has 0 aliphatic carbocycles. The quantitative estimate of drug-likeness (QED) is 0.556. The first kappa shape index (κ1) is 15.5. The Bertz CT molecular complexity index is 1050. The minimum Gasteiger partial charge on any atom is -0.451 e. The van der Waals surface area contributed by atoms with E-state index in [1.54, 1.807) is 17.5 Å². The van der Waals surface area contributed by atoms with Crippen LogP contribution in [0, 0.1) is 11.6 Å². The van der Waals surface area contributed by atoms with Gasteiger partial charge in [0.2, 0.25) is 0 Å². The molecule has 0 fully saturated rings. The Balaban J connectivity index is 1.57. The van der Waals surface area contributed by atoms with E-state index < -0.39 is 17.5 Å². The molecule has 0 saturated heterocycles. The summed E-state index contributed by atoms with van der Waals surface area (Å²) >= 11 is 1.14. The largest absolute Gasteiger partial charge is 0.451 e. The van der Waals surface area contributed by atoms with Gasteiger partial charge in [-0.3, -0.25) is 10.1 Å². The van der Waals surface area contributed by atoms with Crippen molar-refractivity contribution in [3.63, 3.8) is 0 Å². The molecule has 2 aromatic carbocycles. The highest BCUT2D eigenvalue weighted by Gasteiger charge is 2.15. The Morgan fingerprint density at radius 2 is 1.96 bits per heavy atom. The predicted molar refractivity (Wildman–Crippen MR) is 91.6 cm³/mol. The van der Waals surface area contributed by atoms with Crippen LogP contribution in [0.25, 0.3) is 22.2 Å². The first-order chi connectivity index (χ1) is 12.1. The van der Waals surface area contributed by atoms with E-state index in [1.165, 1.54) is 6.07 Å². The van der Waals surface area contributed by atoms with E-state index in [0.717, 1.165) is 28.9 Å². The van der Waals surface area contributed by atoms with E-state index in [9.17, 15) is 13.6 Å². The number of para-hydroxylation sites is 1. The molecule has 7 heteroatoms. The van der Waals surface area contributed by atoms with Crippen molar-refractivity contribution in [2.24, 2.45) is 0 Å². The summed E-state index contributed by atoms with van der Waals surface area (Å²) in [4.78, 5) is 16.5. The van der Waals surface area contributed by atoms with E-state index in [0.29, 0.717) is 16.4 Å². The van der Waals surface area contributed by atoms with E-state index in [-0.39, 0.29) is 11.3 Å². The minimum absolute atomic E-state index is 0.158. The zero-order valence-electron chi connectivity index (χ0n) is 12.6. The normalized spacial score (nSPS) is 11.0. The molecule has 1 amide bonds. The topological polar surface area (TPSA) is 55.1 Å². The van der Waals surface area contributed by atoms with Crippen molar-refractivity contribution in [2.75, 3.05) is 5.32 Å². The summed E-state index contributed by atoms with van der Waals surface area (Å²) in [6.07, 6.45) is 0. The molecule has 2 heterocycles. The van der Waals surface area contributed by atoms with Gasteiger partial charge in [0.15, 0.2) is 10.9 Å². The van der Waals surface area contributed by atoms with Crippen LogP contribution in [-0.2, 0) is 0 Å². The first-order valence-corrected chi connectivity index (χ1v) is 8.19. The van der Waals surface area contributed by atoms with Gasteiger partial charge >= 0.3 is 0 Å². The zero-order chi connectivity index (χ0) is 17.4. The molecule has 0 saturated carbocycles. The number of anilines is 1. The summed E-state index contributed by atoms with van der Waals surface area (Å²) < 4.78 is 32.3. The Morgan fingerprint density at radius 1 is 1.12 bits per heavy atom. The summed E-state index contributed by atoms with van der Waals surface area (Å²) in [6.45, 7) is 0. The number of fused-ring (bicyclic) bond motifs is 1. The van der Waals surface area contributed by atoms with Gasteiger partial charge in [0.1, 0.15) is 17.2 Å². The van der Waals surface area contributed by atoms with Crippen LogP contribution in [0.15, 0.2) is 58.3 Å². The van der Waals surface area contributed by atoms with Crippen molar-refractivity contribution in [3.8, 4) is 11.3 Å². The smallest absolute Gasteiger partial charge is 0.293 e. The molecule has 4 rings (SSSR count). The number of nitrogens with zero attached hydrogens (tertiary/aromatic N) is 1. The number of benzene rings is 2. The first-order valence-electron chi connectivity index (χ1n) is 7.31. The number of nitrogens with one attached hydrogen (secondary N) is 1. The molecular formula is C18H10F2N2O2S. The van der Waals surface area contributed by atoms with Crippen LogP contribution in [-0.4, -0.2) is 10.9 Å². The van der Waals surface area contributed by atoms with Crippen LogP contribution in [0.3, 0.4) is 0 Å². The number of halogens is 2. The molecule has 0 aliphatic heterocycles. The fourth-order valence-corrected chi connectivity index (χ4v) is 3.11. The lowest BCUT2D eigenvalue weighted by molar-refractivity contribution is 0.0998. The molecule has 0 aliphatic rings. The second kappa shape index (κ2) is 6.10. The third-order valence-electron chi connectivity index (χ3n) is 3.58. The Hall–Kier alpha value is -3.06. The van der Waals surface area contributed by atoms with Crippen molar-refractivity contribution in [3.05, 3.63) is 71.3 Å². The highest BCUT2D eigenvalue weighted by atomic mass is 32.1. The van der Waals surface area contributed by atoms with Crippen molar-refractivity contribution < 1.29 is 18.0 Å². The monoisotopic (exact) mass is 356 g/mol. The molecule has 4 aromatic rings. The van der Waals surface area contributed by atoms with Crippen molar-refractivity contribution >= 4 is 33.3 Å². The molecule has 1 N–H and O–H groups in total. The van der Waals surface area contributed by atoms with E-state index in [4.69, 9.17) is 4.42 Å². The van der Waals surface area contributed by atoms with Gasteiger partial charge in [-0.15, -0.1) is 11.3 Å². The number of aromatic nitrogens is 1. The Labute approximate surface area is 144 Å². The number of rotatable bonds is 3. The van der Waals surface area contributed by atoms with Gasteiger partial charge in [-0.25, -0.2) is 13.8 Å². The Morgan fingerprint density at radius 3 is 2.76 bits per heavy atom. The standard InChI is InChI=1S/C18H10F2N2O2S/c19-11-5-6-12(13(20)8-11)14-9-25-18(21-14)22-17(23)16-7-10-3-1-2-4-15(10)24-16/h1-9H,(H,21,22,23). The van der Waals surface area contributed by atoms with Crippen LogP contribution >= 0.6 is 11.3 Å². The molecule has 0 radical (unpaired) electrons. The van der Waals surface area contributed by atoms with Crippen LogP contribution in [0.5, 0.6) is 0 Å². The van der Waals surface area contributed by atoms with Gasteiger partial charge < -0.3 is 4.42 Å². The lowest BCUT2D eigenvalue weighted by atomic mass is 10.1. The number of hydrogen-bond acceptors (Lipinski definition) is 4. The number of furan rings is 1. The molecular weight excluding hydrogens is 346 g/mol. The van der Waals surface area contributed by atoms with Gasteiger partial charge in [0.25, 0.3) is 5.91 Å². The second-order valence-electron chi connectivity index (χ2n) is 5.26. The van der Waals surface area contributed by atoms with Crippen molar-refractivity contribution in [1.82, 2.24) is 4.98 Å². The summed E-state index contributed by atoms with van der Waals surface area (Å²) in [5.74, 6) is -1.65. The molecule has 0 spiro atoms. The third kappa shape index (κ3) is 3.01. The fourth-order valence-electron chi connectivity index (χ4n) is 2.40. The number of carbonyl (C=O) groups is 1. The van der Waals surface area contributed by atoms with Crippen LogP contribution < -0.4 is 5.32 Å². The van der Waals surface area contributed by atoms with Crippen LogP contribution in [0.2, 0.25) is 0 Å². The maximum atomic E-state index is 13.8. The molecule has 25 heavy (non-hydrogen) atoms.